The molecule has 2 atom stereocenters. The molecule has 0 bridgehead atoms. The topological polar surface area (TPSA) is 24.1 Å². The van der Waals surface area contributed by atoms with Gasteiger partial charge in [-0.25, -0.2) is 0 Å². The average molecular weight is 278 g/mol. The lowest BCUT2D eigenvalue weighted by Crippen LogP contribution is -2.51. The van der Waals surface area contributed by atoms with Crippen LogP contribution in [0.4, 0.5) is 0 Å². The third kappa shape index (κ3) is 4.21. The van der Waals surface area contributed by atoms with Crippen molar-refractivity contribution >= 4 is 0 Å². The van der Waals surface area contributed by atoms with Gasteiger partial charge in [-0.05, 0) is 63.5 Å². The smallest absolute Gasteiger partial charge is 0.0221 e. The van der Waals surface area contributed by atoms with Crippen molar-refractivity contribution in [2.75, 3.05) is 13.1 Å². The van der Waals surface area contributed by atoms with Crippen LogP contribution in [0.3, 0.4) is 0 Å². The molecule has 116 valence electrons. The van der Waals surface area contributed by atoms with Crippen LogP contribution < -0.4 is 10.6 Å². The third-order valence-corrected chi connectivity index (χ3v) is 6.05. The number of hydrogen-bond donors (Lipinski definition) is 2. The maximum absolute atomic E-state index is 3.93. The van der Waals surface area contributed by atoms with E-state index in [9.17, 15) is 0 Å². The monoisotopic (exact) mass is 278 g/mol. The first-order valence-electron chi connectivity index (χ1n) is 9.38. The lowest BCUT2D eigenvalue weighted by atomic mass is 9.89. The van der Waals surface area contributed by atoms with E-state index in [-0.39, 0.29) is 0 Å². The molecule has 0 aromatic rings. The predicted molar refractivity (Wildman–Crippen MR) is 86.0 cm³/mol. The van der Waals surface area contributed by atoms with E-state index in [4.69, 9.17) is 0 Å². The summed E-state index contributed by atoms with van der Waals surface area (Å²) in [7, 11) is 0. The van der Waals surface area contributed by atoms with Gasteiger partial charge in [-0.1, -0.05) is 38.5 Å². The lowest BCUT2D eigenvalue weighted by Gasteiger charge is -2.34. The molecule has 3 saturated carbocycles. The van der Waals surface area contributed by atoms with Gasteiger partial charge in [-0.2, -0.15) is 0 Å². The van der Waals surface area contributed by atoms with Crippen LogP contribution in [0.2, 0.25) is 0 Å². The molecule has 2 nitrogen and oxygen atoms in total. The van der Waals surface area contributed by atoms with E-state index in [0.29, 0.717) is 0 Å². The zero-order chi connectivity index (χ0) is 13.6. The summed E-state index contributed by atoms with van der Waals surface area (Å²) in [6.07, 6.45) is 17.4. The molecule has 0 unspecified atom stereocenters. The van der Waals surface area contributed by atoms with Gasteiger partial charge in [0.25, 0.3) is 0 Å². The molecule has 0 aromatic carbocycles. The van der Waals surface area contributed by atoms with Crippen LogP contribution in [-0.4, -0.2) is 25.2 Å². The molecule has 20 heavy (non-hydrogen) atoms. The van der Waals surface area contributed by atoms with Crippen LogP contribution in [0.5, 0.6) is 0 Å². The van der Waals surface area contributed by atoms with Gasteiger partial charge in [-0.3, -0.25) is 0 Å². The van der Waals surface area contributed by atoms with Crippen molar-refractivity contribution in [2.24, 2.45) is 11.8 Å². The Morgan fingerprint density at radius 3 is 1.25 bits per heavy atom. The molecule has 2 heteroatoms. The zero-order valence-electron chi connectivity index (χ0n) is 13.2. The Hall–Kier alpha value is -0.0800. The molecule has 2 N–H and O–H groups in total. The van der Waals surface area contributed by atoms with Crippen LogP contribution in [0, 0.1) is 11.8 Å². The molecule has 0 amide bonds. The minimum atomic E-state index is 0.755. The van der Waals surface area contributed by atoms with E-state index in [1.54, 1.807) is 0 Å². The lowest BCUT2D eigenvalue weighted by molar-refractivity contribution is 0.262. The summed E-state index contributed by atoms with van der Waals surface area (Å²) >= 11 is 0. The van der Waals surface area contributed by atoms with Crippen LogP contribution in [-0.2, 0) is 0 Å². The second-order valence-corrected chi connectivity index (χ2v) is 7.61. The fraction of sp³-hybridized carbons (Fsp3) is 1.00. The highest BCUT2D eigenvalue weighted by molar-refractivity contribution is 4.88. The fourth-order valence-corrected chi connectivity index (χ4v) is 4.68. The summed E-state index contributed by atoms with van der Waals surface area (Å²) in [5, 5.41) is 7.85. The van der Waals surface area contributed by atoms with Gasteiger partial charge >= 0.3 is 0 Å². The molecule has 0 heterocycles. The minimum Gasteiger partial charge on any atom is -0.312 e. The van der Waals surface area contributed by atoms with Gasteiger partial charge in [0.2, 0.25) is 0 Å². The summed E-state index contributed by atoms with van der Waals surface area (Å²) in [6.45, 7) is 2.57. The van der Waals surface area contributed by atoms with Gasteiger partial charge in [-0.15, -0.1) is 0 Å². The van der Waals surface area contributed by atoms with E-state index in [1.165, 1.54) is 90.1 Å². The molecule has 0 radical (unpaired) electrons. The minimum absolute atomic E-state index is 0.755. The standard InChI is InChI=1S/C18H34N2/c1-2-8-15(7-1)13-19-17-11-5-6-12-18(17)20-14-16-9-3-4-10-16/h15-20H,1-14H2/t17-,18-/m1/s1. The van der Waals surface area contributed by atoms with Gasteiger partial charge in [0.1, 0.15) is 0 Å². The molecular weight excluding hydrogens is 244 g/mol. The Morgan fingerprint density at radius 1 is 0.500 bits per heavy atom. The van der Waals surface area contributed by atoms with E-state index in [2.05, 4.69) is 10.6 Å². The SMILES string of the molecule is C1CCC(CN[C@@H]2CCCC[C@H]2NCC2CCCC2)C1. The number of hydrogen-bond acceptors (Lipinski definition) is 2. The fourth-order valence-electron chi connectivity index (χ4n) is 4.68. The Bertz CT molecular complexity index is 239. The maximum Gasteiger partial charge on any atom is 0.0221 e. The quantitative estimate of drug-likeness (QED) is 0.771. The van der Waals surface area contributed by atoms with Crippen molar-refractivity contribution in [2.45, 2.75) is 89.1 Å². The Labute approximate surface area is 125 Å². The highest BCUT2D eigenvalue weighted by atomic mass is 15.0. The molecule has 0 spiro atoms. The van der Waals surface area contributed by atoms with Crippen LogP contribution in [0.1, 0.15) is 77.0 Å². The normalized spacial score (nSPS) is 33.0. The molecule has 0 saturated heterocycles. The van der Waals surface area contributed by atoms with Crippen molar-refractivity contribution in [1.29, 1.82) is 0 Å². The second kappa shape index (κ2) is 7.79. The van der Waals surface area contributed by atoms with Crippen molar-refractivity contribution in [3.63, 3.8) is 0 Å². The van der Waals surface area contributed by atoms with Gasteiger partial charge in [0.15, 0.2) is 0 Å². The number of nitrogens with one attached hydrogen (secondary N) is 2. The maximum atomic E-state index is 3.93. The molecule has 0 aromatic heterocycles. The summed E-state index contributed by atoms with van der Waals surface area (Å²) in [5.41, 5.74) is 0. The number of rotatable bonds is 6. The highest BCUT2D eigenvalue weighted by Gasteiger charge is 2.26. The third-order valence-electron chi connectivity index (χ3n) is 6.05. The van der Waals surface area contributed by atoms with Crippen molar-refractivity contribution in [3.05, 3.63) is 0 Å². The highest BCUT2D eigenvalue weighted by Crippen LogP contribution is 2.27. The summed E-state index contributed by atoms with van der Waals surface area (Å²) < 4.78 is 0. The Balaban J connectivity index is 1.40. The van der Waals surface area contributed by atoms with Gasteiger partial charge in [0, 0.05) is 12.1 Å². The van der Waals surface area contributed by atoms with Crippen molar-refractivity contribution in [3.8, 4) is 0 Å². The van der Waals surface area contributed by atoms with E-state index < -0.39 is 0 Å². The van der Waals surface area contributed by atoms with Crippen molar-refractivity contribution < 1.29 is 0 Å². The van der Waals surface area contributed by atoms with E-state index in [0.717, 1.165) is 23.9 Å². The van der Waals surface area contributed by atoms with Crippen LogP contribution in [0.25, 0.3) is 0 Å². The molecular formula is C18H34N2. The summed E-state index contributed by atoms with van der Waals surface area (Å²) in [5.74, 6) is 1.96. The predicted octanol–water partition coefficient (Wildman–Crippen LogP) is 3.86. The molecule has 3 aliphatic carbocycles. The van der Waals surface area contributed by atoms with Crippen LogP contribution in [0.15, 0.2) is 0 Å². The summed E-state index contributed by atoms with van der Waals surface area (Å²) in [4.78, 5) is 0. The zero-order valence-corrected chi connectivity index (χ0v) is 13.2. The Kier molecular flexibility index (Phi) is 5.78. The average Bonchev–Trinajstić information content (AvgIpc) is 3.17. The van der Waals surface area contributed by atoms with Crippen molar-refractivity contribution in [1.82, 2.24) is 10.6 Å². The first-order valence-corrected chi connectivity index (χ1v) is 9.38. The van der Waals surface area contributed by atoms with Gasteiger partial charge < -0.3 is 10.6 Å². The first kappa shape index (κ1) is 14.8. The molecule has 3 fully saturated rings. The van der Waals surface area contributed by atoms with E-state index >= 15 is 0 Å². The molecule has 0 aliphatic heterocycles. The Morgan fingerprint density at radius 2 is 0.850 bits per heavy atom. The summed E-state index contributed by atoms with van der Waals surface area (Å²) in [6, 6.07) is 1.51. The van der Waals surface area contributed by atoms with Crippen LogP contribution >= 0.6 is 0 Å². The second-order valence-electron chi connectivity index (χ2n) is 7.61. The largest absolute Gasteiger partial charge is 0.312 e. The molecule has 3 aliphatic rings. The van der Waals surface area contributed by atoms with E-state index in [1.807, 2.05) is 0 Å². The van der Waals surface area contributed by atoms with Gasteiger partial charge in [0.05, 0.1) is 0 Å². The first-order chi connectivity index (χ1) is 9.92. The molecule has 3 rings (SSSR count).